The number of ether oxygens (including phenoxy) is 1. The van der Waals surface area contributed by atoms with Gasteiger partial charge in [-0.05, 0) is 59.4 Å². The van der Waals surface area contributed by atoms with Crippen LogP contribution in [-0.4, -0.2) is 79.5 Å². The fraction of sp³-hybridized carbons (Fsp3) is 0.355. The third kappa shape index (κ3) is 6.24. The van der Waals surface area contributed by atoms with E-state index in [1.54, 1.807) is 18.3 Å². The van der Waals surface area contributed by atoms with Crippen LogP contribution in [0.5, 0.6) is 5.75 Å². The van der Waals surface area contributed by atoms with Gasteiger partial charge in [0.05, 0.1) is 13.3 Å². The zero-order chi connectivity index (χ0) is 27.2. The van der Waals surface area contributed by atoms with Crippen molar-refractivity contribution in [3.8, 4) is 16.9 Å². The van der Waals surface area contributed by atoms with E-state index in [0.717, 1.165) is 74.4 Å². The number of phenols is 1. The molecule has 0 aromatic heterocycles. The Morgan fingerprint density at radius 1 is 0.897 bits per heavy atom. The third-order valence-electron chi connectivity index (χ3n) is 8.03. The van der Waals surface area contributed by atoms with Crippen LogP contribution in [-0.2, 0) is 9.53 Å². The van der Waals surface area contributed by atoms with Gasteiger partial charge < -0.3 is 20.6 Å². The maximum atomic E-state index is 12.9. The van der Waals surface area contributed by atoms with Crippen molar-refractivity contribution >= 4 is 17.9 Å². The summed E-state index contributed by atoms with van der Waals surface area (Å²) in [5.41, 5.74) is 5.25. The first-order chi connectivity index (χ1) is 19.1. The Labute approximate surface area is 230 Å². The van der Waals surface area contributed by atoms with Crippen LogP contribution >= 0.6 is 0 Å². The van der Waals surface area contributed by atoms with Crippen molar-refractivity contribution < 1.29 is 14.6 Å². The van der Waals surface area contributed by atoms with Gasteiger partial charge in [-0.15, -0.1) is 0 Å². The zero-order valence-corrected chi connectivity index (χ0v) is 22.4. The van der Waals surface area contributed by atoms with E-state index in [1.165, 1.54) is 12.8 Å². The maximum absolute atomic E-state index is 12.9. The Morgan fingerprint density at radius 2 is 1.49 bits per heavy atom. The number of phenolic OH excluding ortho intramolecular Hbond substituents is 1. The van der Waals surface area contributed by atoms with Crippen molar-refractivity contribution in [2.75, 3.05) is 51.3 Å². The Bertz CT molecular complexity index is 1240. The Morgan fingerprint density at radius 3 is 2.05 bits per heavy atom. The molecule has 0 spiro atoms. The molecule has 2 fully saturated rings. The number of hydrogen-bond donors (Lipinski definition) is 2. The van der Waals surface area contributed by atoms with Crippen LogP contribution in [0.1, 0.15) is 30.0 Å². The minimum absolute atomic E-state index is 0.219. The molecule has 8 heteroatoms. The van der Waals surface area contributed by atoms with Crippen molar-refractivity contribution in [3.63, 3.8) is 0 Å². The summed E-state index contributed by atoms with van der Waals surface area (Å²) < 4.78 is 5.23. The first-order valence-corrected chi connectivity index (χ1v) is 13.6. The van der Waals surface area contributed by atoms with Gasteiger partial charge in [0.1, 0.15) is 11.8 Å². The van der Waals surface area contributed by atoms with Crippen molar-refractivity contribution in [2.24, 2.45) is 10.9 Å². The number of rotatable bonds is 7. The van der Waals surface area contributed by atoms with Gasteiger partial charge in [-0.2, -0.15) is 5.10 Å². The fourth-order valence-corrected chi connectivity index (χ4v) is 5.83. The van der Waals surface area contributed by atoms with Crippen LogP contribution in [0.2, 0.25) is 0 Å². The molecule has 1 atom stereocenters. The Kier molecular flexibility index (Phi) is 8.44. The van der Waals surface area contributed by atoms with E-state index in [9.17, 15) is 9.90 Å². The standard InChI is InChI=1S/C31H37N5O3/c1-39-31(38)30(26-6-4-24(5-7-26)25-8-12-29(37)13-9-25)36-16-14-28(15-17-36)35-20-18-34(19-21-35)27-10-2-23(3-11-27)22-33-32/h2-13,22,28,30,37H,14-21,32H2,1H3. The van der Waals surface area contributed by atoms with Crippen LogP contribution in [0.25, 0.3) is 11.1 Å². The topological polar surface area (TPSA) is 94.6 Å². The quantitative estimate of drug-likeness (QED) is 0.209. The van der Waals surface area contributed by atoms with Gasteiger partial charge in [-0.25, -0.2) is 4.79 Å². The van der Waals surface area contributed by atoms with E-state index >= 15 is 0 Å². The summed E-state index contributed by atoms with van der Waals surface area (Å²) in [6, 6.07) is 23.7. The first kappa shape index (κ1) is 26.7. The molecule has 1 unspecified atom stereocenters. The third-order valence-corrected chi connectivity index (χ3v) is 8.03. The molecule has 2 aliphatic heterocycles. The number of aromatic hydroxyl groups is 1. The second-order valence-electron chi connectivity index (χ2n) is 10.3. The predicted octanol–water partition coefficient (Wildman–Crippen LogP) is 3.85. The molecule has 204 valence electrons. The largest absolute Gasteiger partial charge is 0.508 e. The molecular weight excluding hydrogens is 490 g/mol. The minimum atomic E-state index is -0.408. The lowest BCUT2D eigenvalue weighted by molar-refractivity contribution is -0.148. The summed E-state index contributed by atoms with van der Waals surface area (Å²) in [7, 11) is 1.46. The van der Waals surface area contributed by atoms with E-state index in [0.29, 0.717) is 6.04 Å². The van der Waals surface area contributed by atoms with Crippen LogP contribution in [0.3, 0.4) is 0 Å². The summed E-state index contributed by atoms with van der Waals surface area (Å²) in [4.78, 5) is 20.2. The number of nitrogens with two attached hydrogens (primary N) is 1. The summed E-state index contributed by atoms with van der Waals surface area (Å²) in [6.45, 7) is 5.79. The molecule has 0 radical (unpaired) electrons. The van der Waals surface area contributed by atoms with Gasteiger partial charge in [0.15, 0.2) is 0 Å². The highest BCUT2D eigenvalue weighted by molar-refractivity contribution is 5.80. The highest BCUT2D eigenvalue weighted by atomic mass is 16.5. The summed E-state index contributed by atoms with van der Waals surface area (Å²) in [5.74, 6) is 5.28. The van der Waals surface area contributed by atoms with Gasteiger partial charge >= 0.3 is 5.97 Å². The molecule has 0 aliphatic carbocycles. The Balaban J connectivity index is 1.17. The smallest absolute Gasteiger partial charge is 0.327 e. The van der Waals surface area contributed by atoms with Gasteiger partial charge in [-0.1, -0.05) is 48.5 Å². The minimum Gasteiger partial charge on any atom is -0.508 e. The molecule has 3 aromatic carbocycles. The molecule has 0 bridgehead atoms. The van der Waals surface area contributed by atoms with Crippen molar-refractivity contribution in [3.05, 3.63) is 83.9 Å². The number of nitrogens with zero attached hydrogens (tertiary/aromatic N) is 4. The zero-order valence-electron chi connectivity index (χ0n) is 22.4. The number of piperidine rings is 1. The molecule has 0 saturated carbocycles. The first-order valence-electron chi connectivity index (χ1n) is 13.6. The van der Waals surface area contributed by atoms with Crippen LogP contribution < -0.4 is 10.7 Å². The van der Waals surface area contributed by atoms with E-state index in [4.69, 9.17) is 10.6 Å². The number of carbonyl (C=O) groups is 1. The van der Waals surface area contributed by atoms with Crippen LogP contribution in [0.15, 0.2) is 77.9 Å². The molecule has 8 nitrogen and oxygen atoms in total. The lowest BCUT2D eigenvalue weighted by atomic mass is 9.96. The number of anilines is 1. The van der Waals surface area contributed by atoms with E-state index in [-0.39, 0.29) is 11.7 Å². The SMILES string of the molecule is COC(=O)C(c1ccc(-c2ccc(O)cc2)cc1)N1CCC(N2CCN(c3ccc(C=NN)cc3)CC2)CC1. The predicted molar refractivity (Wildman–Crippen MR) is 155 cm³/mol. The molecular formula is C31H37N5O3. The number of likely N-dealkylation sites (tertiary alicyclic amines) is 1. The number of esters is 1. The monoisotopic (exact) mass is 527 g/mol. The Hall–Kier alpha value is -3.88. The van der Waals surface area contributed by atoms with Crippen molar-refractivity contribution in [1.82, 2.24) is 9.80 Å². The molecule has 2 aliphatic rings. The molecule has 39 heavy (non-hydrogen) atoms. The van der Waals surface area contributed by atoms with Crippen molar-refractivity contribution in [2.45, 2.75) is 24.9 Å². The summed E-state index contributed by atoms with van der Waals surface area (Å²) >= 11 is 0. The number of benzene rings is 3. The molecule has 2 saturated heterocycles. The number of hydrazone groups is 1. The van der Waals surface area contributed by atoms with Gasteiger partial charge in [0.25, 0.3) is 0 Å². The lowest BCUT2D eigenvalue weighted by Crippen LogP contribution is -2.54. The van der Waals surface area contributed by atoms with Gasteiger partial charge in [0, 0.05) is 51.0 Å². The van der Waals surface area contributed by atoms with Crippen LogP contribution in [0, 0.1) is 0 Å². The highest BCUT2D eigenvalue weighted by Crippen LogP contribution is 2.30. The molecule has 3 aromatic rings. The van der Waals surface area contributed by atoms with E-state index in [2.05, 4.69) is 31.9 Å². The lowest BCUT2D eigenvalue weighted by Gasteiger charge is -2.44. The van der Waals surface area contributed by atoms with Crippen LogP contribution in [0.4, 0.5) is 5.69 Å². The van der Waals surface area contributed by atoms with E-state index < -0.39 is 6.04 Å². The highest BCUT2D eigenvalue weighted by Gasteiger charge is 2.34. The number of methoxy groups -OCH3 is 1. The summed E-state index contributed by atoms with van der Waals surface area (Å²) in [6.07, 6.45) is 3.73. The molecule has 0 amide bonds. The molecule has 5 rings (SSSR count). The summed E-state index contributed by atoms with van der Waals surface area (Å²) in [5, 5.41) is 13.2. The average molecular weight is 528 g/mol. The second-order valence-corrected chi connectivity index (χ2v) is 10.3. The van der Waals surface area contributed by atoms with Gasteiger partial charge in [0.2, 0.25) is 0 Å². The van der Waals surface area contributed by atoms with Crippen molar-refractivity contribution in [1.29, 1.82) is 0 Å². The molecule has 2 heterocycles. The number of piperazine rings is 1. The van der Waals surface area contributed by atoms with E-state index in [1.807, 2.05) is 48.5 Å². The fourth-order valence-electron chi connectivity index (χ4n) is 5.83. The normalized spacial score (nSPS) is 18.3. The second kappa shape index (κ2) is 12.3. The number of hydrogen-bond acceptors (Lipinski definition) is 8. The maximum Gasteiger partial charge on any atom is 0.327 e. The molecule has 3 N–H and O–H groups in total. The average Bonchev–Trinajstić information content (AvgIpc) is 2.99. The number of carbonyl (C=O) groups excluding carboxylic acids is 1. The van der Waals surface area contributed by atoms with Gasteiger partial charge in [-0.3, -0.25) is 9.80 Å².